The molecule has 0 atom stereocenters. The Morgan fingerprint density at radius 1 is 1.33 bits per heavy atom. The van der Waals surface area contributed by atoms with Crippen LogP contribution in [0.1, 0.15) is 5.56 Å². The van der Waals surface area contributed by atoms with Crippen LogP contribution in [-0.2, 0) is 26.3 Å². The van der Waals surface area contributed by atoms with Crippen molar-refractivity contribution >= 4 is 16.2 Å². The van der Waals surface area contributed by atoms with Crippen LogP contribution in [0.2, 0.25) is 0 Å². The molecular formula is C13H16N2O5S. The van der Waals surface area contributed by atoms with Crippen LogP contribution in [-0.4, -0.2) is 48.8 Å². The lowest BCUT2D eigenvalue weighted by molar-refractivity contribution is -0.137. The maximum absolute atomic E-state index is 12.4. The minimum absolute atomic E-state index is 0.103. The Kier molecular flexibility index (Phi) is 4.19. The van der Waals surface area contributed by atoms with E-state index in [1.807, 2.05) is 6.07 Å². The van der Waals surface area contributed by atoms with Gasteiger partial charge in [-0.25, -0.2) is 4.79 Å². The predicted octanol–water partition coefficient (Wildman–Crippen LogP) is 0.621. The summed E-state index contributed by atoms with van der Waals surface area (Å²) in [4.78, 5) is 11.6. The fourth-order valence-electron chi connectivity index (χ4n) is 2.06. The lowest BCUT2D eigenvalue weighted by Gasteiger charge is -2.33. The van der Waals surface area contributed by atoms with Gasteiger partial charge in [-0.3, -0.25) is 4.31 Å². The van der Waals surface area contributed by atoms with Gasteiger partial charge in [-0.2, -0.15) is 12.7 Å². The number of hydrogen-bond donors (Lipinski definition) is 1. The molecule has 7 nitrogen and oxygen atoms in total. The molecule has 1 aliphatic rings. The van der Waals surface area contributed by atoms with E-state index < -0.39 is 16.2 Å². The largest absolute Gasteiger partial charge is 0.508 e. The van der Waals surface area contributed by atoms with Crippen LogP contribution < -0.4 is 0 Å². The zero-order chi connectivity index (χ0) is 15.6. The van der Waals surface area contributed by atoms with Crippen molar-refractivity contribution in [1.29, 1.82) is 0 Å². The summed E-state index contributed by atoms with van der Waals surface area (Å²) in [6.45, 7) is -0.169. The van der Waals surface area contributed by atoms with Crippen molar-refractivity contribution in [2.45, 2.75) is 6.54 Å². The van der Waals surface area contributed by atoms with Crippen molar-refractivity contribution in [3.05, 3.63) is 47.4 Å². The van der Waals surface area contributed by atoms with Gasteiger partial charge in [0.05, 0.1) is 13.7 Å². The smallest absolute Gasteiger partial charge is 0.358 e. The molecule has 0 saturated carbocycles. The Hall–Kier alpha value is -2.06. The molecule has 0 aliphatic carbocycles. The number of aliphatic hydroxyl groups excluding tert-OH is 1. The van der Waals surface area contributed by atoms with Gasteiger partial charge in [-0.05, 0) is 5.56 Å². The molecule has 0 fully saturated rings. The molecule has 0 aromatic heterocycles. The number of methoxy groups -OCH3 is 1. The zero-order valence-electron chi connectivity index (χ0n) is 11.7. The van der Waals surface area contributed by atoms with Crippen LogP contribution in [0, 0.1) is 0 Å². The number of carbonyl (C=O) groups excluding carboxylic acids is 1. The molecule has 21 heavy (non-hydrogen) atoms. The van der Waals surface area contributed by atoms with E-state index in [-0.39, 0.29) is 24.5 Å². The zero-order valence-corrected chi connectivity index (χ0v) is 12.5. The molecule has 1 heterocycles. The van der Waals surface area contributed by atoms with Gasteiger partial charge in [0.1, 0.15) is 5.76 Å². The highest BCUT2D eigenvalue weighted by atomic mass is 32.2. The summed E-state index contributed by atoms with van der Waals surface area (Å²) < 4.78 is 31.1. The minimum atomic E-state index is -3.89. The average Bonchev–Trinajstić information content (AvgIpc) is 2.46. The molecule has 2 rings (SSSR count). The summed E-state index contributed by atoms with van der Waals surface area (Å²) in [7, 11) is -1.56. The van der Waals surface area contributed by atoms with Crippen molar-refractivity contribution < 1.29 is 23.1 Å². The second kappa shape index (κ2) is 5.74. The van der Waals surface area contributed by atoms with Crippen molar-refractivity contribution in [1.82, 2.24) is 8.61 Å². The van der Waals surface area contributed by atoms with Crippen molar-refractivity contribution in [3.63, 3.8) is 0 Å². The Morgan fingerprint density at radius 2 is 1.95 bits per heavy atom. The fourth-order valence-corrected chi connectivity index (χ4v) is 3.42. The van der Waals surface area contributed by atoms with E-state index in [1.54, 1.807) is 24.3 Å². The maximum atomic E-state index is 12.4. The first kappa shape index (κ1) is 15.3. The molecule has 0 spiro atoms. The van der Waals surface area contributed by atoms with E-state index in [4.69, 9.17) is 0 Å². The van der Waals surface area contributed by atoms with Crippen molar-refractivity contribution in [2.24, 2.45) is 0 Å². The molecular weight excluding hydrogens is 296 g/mol. The van der Waals surface area contributed by atoms with Gasteiger partial charge in [-0.15, -0.1) is 0 Å². The van der Waals surface area contributed by atoms with E-state index in [2.05, 4.69) is 4.74 Å². The average molecular weight is 312 g/mol. The highest BCUT2D eigenvalue weighted by molar-refractivity contribution is 7.86. The molecule has 1 aromatic rings. The Bertz CT molecular complexity index is 669. The molecule has 114 valence electrons. The number of rotatable bonds is 3. The van der Waals surface area contributed by atoms with Gasteiger partial charge < -0.3 is 9.84 Å². The van der Waals surface area contributed by atoms with Gasteiger partial charge >= 0.3 is 16.2 Å². The highest BCUT2D eigenvalue weighted by Gasteiger charge is 2.39. The van der Waals surface area contributed by atoms with Crippen molar-refractivity contribution in [2.75, 3.05) is 20.7 Å². The predicted molar refractivity (Wildman–Crippen MR) is 75.2 cm³/mol. The summed E-state index contributed by atoms with van der Waals surface area (Å²) >= 11 is 0. The highest BCUT2D eigenvalue weighted by Crippen LogP contribution is 2.25. The number of hydrogen-bond acceptors (Lipinski definition) is 5. The first-order valence-electron chi connectivity index (χ1n) is 6.16. The number of aliphatic hydroxyl groups is 1. The Balaban J connectivity index is 2.35. The molecule has 0 radical (unpaired) electrons. The van der Waals surface area contributed by atoms with Gasteiger partial charge in [0.2, 0.25) is 0 Å². The van der Waals surface area contributed by atoms with Gasteiger partial charge in [0.25, 0.3) is 0 Å². The van der Waals surface area contributed by atoms with Crippen molar-refractivity contribution in [3.8, 4) is 0 Å². The van der Waals surface area contributed by atoms with Gasteiger partial charge in [-0.1, -0.05) is 30.3 Å². The van der Waals surface area contributed by atoms with Crippen LogP contribution in [0.25, 0.3) is 0 Å². The van der Waals surface area contributed by atoms with Crippen LogP contribution >= 0.6 is 0 Å². The molecule has 0 unspecified atom stereocenters. The van der Waals surface area contributed by atoms with E-state index in [0.717, 1.165) is 21.3 Å². The summed E-state index contributed by atoms with van der Waals surface area (Å²) in [6.07, 6.45) is 0. The van der Waals surface area contributed by atoms with E-state index in [9.17, 15) is 18.3 Å². The molecule has 0 bridgehead atoms. The summed E-state index contributed by atoms with van der Waals surface area (Å²) in [6, 6.07) is 8.99. The number of carbonyl (C=O) groups is 1. The van der Waals surface area contributed by atoms with E-state index in [1.165, 1.54) is 7.05 Å². The standard InChI is InChI=1S/C13H16N2O5S/c1-14-12(13(17)20-2)11(16)9-15(21(14,18)19)8-10-6-4-3-5-7-10/h3-7,16H,8-9H2,1-2H3. The third-order valence-electron chi connectivity index (χ3n) is 3.17. The SMILES string of the molecule is COC(=O)C1=C(O)CN(Cc2ccccc2)S(=O)(=O)N1C. The maximum Gasteiger partial charge on any atom is 0.358 e. The minimum Gasteiger partial charge on any atom is -0.508 e. The Morgan fingerprint density at radius 3 is 2.52 bits per heavy atom. The molecule has 0 amide bonds. The van der Waals surface area contributed by atoms with E-state index >= 15 is 0 Å². The number of nitrogens with zero attached hydrogens (tertiary/aromatic N) is 2. The normalized spacial score (nSPS) is 18.7. The topological polar surface area (TPSA) is 87.1 Å². The fraction of sp³-hybridized carbons (Fsp3) is 0.308. The van der Waals surface area contributed by atoms with Crippen LogP contribution in [0.15, 0.2) is 41.8 Å². The third kappa shape index (κ3) is 2.86. The second-order valence-corrected chi connectivity index (χ2v) is 6.48. The summed E-state index contributed by atoms with van der Waals surface area (Å²) in [5.74, 6) is -1.23. The summed E-state index contributed by atoms with van der Waals surface area (Å²) in [5.41, 5.74) is 0.422. The van der Waals surface area contributed by atoms with Crippen LogP contribution in [0.3, 0.4) is 0 Å². The van der Waals surface area contributed by atoms with Gasteiger partial charge in [0, 0.05) is 13.6 Å². The molecule has 1 aromatic carbocycles. The molecule has 1 N–H and O–H groups in total. The van der Waals surface area contributed by atoms with E-state index in [0.29, 0.717) is 0 Å². The second-order valence-electron chi connectivity index (χ2n) is 4.52. The van der Waals surface area contributed by atoms with Crippen LogP contribution in [0.5, 0.6) is 0 Å². The lowest BCUT2D eigenvalue weighted by atomic mass is 10.2. The molecule has 8 heteroatoms. The number of ether oxygens (including phenoxy) is 1. The number of benzene rings is 1. The number of likely N-dealkylation sites (N-methyl/N-ethyl adjacent to an activating group) is 1. The van der Waals surface area contributed by atoms with Crippen LogP contribution in [0.4, 0.5) is 0 Å². The third-order valence-corrected chi connectivity index (χ3v) is 4.95. The molecule has 1 aliphatic heterocycles. The first-order chi connectivity index (χ1) is 9.87. The quantitative estimate of drug-likeness (QED) is 0.827. The van der Waals surface area contributed by atoms with Gasteiger partial charge in [0.15, 0.2) is 5.70 Å². The Labute approximate surface area is 123 Å². The number of esters is 1. The molecule has 0 saturated heterocycles. The summed E-state index contributed by atoms with van der Waals surface area (Å²) in [5, 5.41) is 9.95. The first-order valence-corrected chi connectivity index (χ1v) is 7.56. The monoisotopic (exact) mass is 312 g/mol. The lowest BCUT2D eigenvalue weighted by Crippen LogP contribution is -2.48.